The van der Waals surface area contributed by atoms with Crippen LogP contribution < -0.4 is 11.1 Å². The number of rotatable bonds is 4. The number of H-pyrrole nitrogens is 2. The van der Waals surface area contributed by atoms with Crippen molar-refractivity contribution >= 4 is 22.6 Å². The number of fused-ring (bicyclic) bond motifs is 1. The molecule has 0 unspecified atom stereocenters. The summed E-state index contributed by atoms with van der Waals surface area (Å²) in [4.78, 5) is 30.1. The number of hydrogen-bond donors (Lipinski definition) is 2. The average molecular weight is 329 g/mol. The van der Waals surface area contributed by atoms with Gasteiger partial charge in [-0.15, -0.1) is 0 Å². The van der Waals surface area contributed by atoms with Gasteiger partial charge in [0.1, 0.15) is 0 Å². The van der Waals surface area contributed by atoms with Crippen LogP contribution >= 0.6 is 11.6 Å². The lowest BCUT2D eigenvalue weighted by molar-refractivity contribution is 0.357. The maximum absolute atomic E-state index is 11.6. The molecule has 0 saturated carbocycles. The Morgan fingerprint density at radius 2 is 1.70 bits per heavy atom. The Bertz CT molecular complexity index is 947. The summed E-state index contributed by atoms with van der Waals surface area (Å²) in [6.45, 7) is 1.14. The first kappa shape index (κ1) is 15.5. The third-order valence-electron chi connectivity index (χ3n) is 3.52. The lowest BCUT2D eigenvalue weighted by Crippen LogP contribution is -2.29. The Morgan fingerprint density at radius 1 is 1.00 bits per heavy atom. The SMILES string of the molecule is [CH2]N(Cc1ccccc1)Cc1cc(Cl)cc2[nH]c(=O)c(=O)[nH]c12. The van der Waals surface area contributed by atoms with Gasteiger partial charge in [0.15, 0.2) is 0 Å². The maximum atomic E-state index is 11.6. The Labute approximate surface area is 137 Å². The summed E-state index contributed by atoms with van der Waals surface area (Å²) in [5, 5.41) is 0.489. The fourth-order valence-corrected chi connectivity index (χ4v) is 2.76. The first-order valence-corrected chi connectivity index (χ1v) is 7.45. The van der Waals surface area contributed by atoms with Crippen molar-refractivity contribution in [1.82, 2.24) is 14.9 Å². The number of hydrogen-bond acceptors (Lipinski definition) is 3. The van der Waals surface area contributed by atoms with E-state index in [-0.39, 0.29) is 0 Å². The molecular formula is C17H15ClN3O2. The standard InChI is InChI=1S/C17H15ClN3O2/c1-21(9-11-5-3-2-4-6-11)10-12-7-13(18)8-14-15(12)20-17(23)16(22)19-14/h2-8H,1,9-10H2,(H,19,22)(H,20,23). The number of nitrogens with zero attached hydrogens (tertiary/aromatic N) is 1. The summed E-state index contributed by atoms with van der Waals surface area (Å²) in [6, 6.07) is 13.3. The highest BCUT2D eigenvalue weighted by molar-refractivity contribution is 6.31. The fraction of sp³-hybridized carbons (Fsp3) is 0.118. The first-order chi connectivity index (χ1) is 11.0. The van der Waals surface area contributed by atoms with Crippen molar-refractivity contribution in [2.45, 2.75) is 13.1 Å². The Balaban J connectivity index is 1.94. The van der Waals surface area contributed by atoms with Gasteiger partial charge in [0.2, 0.25) is 0 Å². The molecule has 0 aliphatic rings. The minimum absolute atomic E-state index is 0.480. The minimum atomic E-state index is -0.693. The largest absolute Gasteiger partial charge is 0.316 e. The van der Waals surface area contributed by atoms with Gasteiger partial charge in [0.05, 0.1) is 11.0 Å². The summed E-state index contributed by atoms with van der Waals surface area (Å²) in [7, 11) is 4.03. The smallest absolute Gasteiger partial charge is 0.314 e. The van der Waals surface area contributed by atoms with Gasteiger partial charge >= 0.3 is 11.1 Å². The zero-order valence-corrected chi connectivity index (χ0v) is 13.1. The van der Waals surface area contributed by atoms with E-state index >= 15 is 0 Å². The lowest BCUT2D eigenvalue weighted by Gasteiger charge is -2.17. The molecule has 6 heteroatoms. The van der Waals surface area contributed by atoms with Crippen LogP contribution in [0.5, 0.6) is 0 Å². The molecule has 1 heterocycles. The summed E-state index contributed by atoms with van der Waals surface area (Å²) in [5.41, 5.74) is 1.63. The highest BCUT2D eigenvalue weighted by Gasteiger charge is 2.10. The number of aromatic nitrogens is 2. The van der Waals surface area contributed by atoms with Gasteiger partial charge in [-0.25, -0.2) is 0 Å². The molecule has 2 N–H and O–H groups in total. The van der Waals surface area contributed by atoms with E-state index in [0.29, 0.717) is 29.1 Å². The van der Waals surface area contributed by atoms with Gasteiger partial charge < -0.3 is 9.97 Å². The van der Waals surface area contributed by atoms with Gasteiger partial charge in [-0.3, -0.25) is 14.5 Å². The van der Waals surface area contributed by atoms with Gasteiger partial charge in [0.25, 0.3) is 0 Å². The van der Waals surface area contributed by atoms with Gasteiger partial charge in [-0.05, 0) is 23.3 Å². The second kappa shape index (κ2) is 6.40. The molecule has 117 valence electrons. The lowest BCUT2D eigenvalue weighted by atomic mass is 10.1. The van der Waals surface area contributed by atoms with Crippen LogP contribution in [-0.4, -0.2) is 14.9 Å². The molecule has 0 amide bonds. The van der Waals surface area contributed by atoms with Crippen molar-refractivity contribution in [2.24, 2.45) is 0 Å². The molecule has 0 spiro atoms. The van der Waals surface area contributed by atoms with Crippen LogP contribution in [0.1, 0.15) is 11.1 Å². The number of aromatic amines is 2. The van der Waals surface area contributed by atoms with E-state index in [1.165, 1.54) is 0 Å². The van der Waals surface area contributed by atoms with Crippen LogP contribution in [0.3, 0.4) is 0 Å². The number of nitrogens with one attached hydrogen (secondary N) is 2. The van der Waals surface area contributed by atoms with E-state index in [0.717, 1.165) is 11.1 Å². The molecule has 1 aromatic heterocycles. The topological polar surface area (TPSA) is 69.0 Å². The van der Waals surface area contributed by atoms with Crippen molar-refractivity contribution in [3.05, 3.63) is 86.4 Å². The van der Waals surface area contributed by atoms with E-state index in [9.17, 15) is 9.59 Å². The summed E-state index contributed by atoms with van der Waals surface area (Å²) >= 11 is 6.11. The molecule has 0 aliphatic carbocycles. The monoisotopic (exact) mass is 328 g/mol. The Hall–Kier alpha value is -2.37. The molecule has 3 rings (SSSR count). The van der Waals surface area contributed by atoms with E-state index in [4.69, 9.17) is 11.6 Å². The van der Waals surface area contributed by atoms with Crippen molar-refractivity contribution in [3.63, 3.8) is 0 Å². The van der Waals surface area contributed by atoms with Crippen LogP contribution in [-0.2, 0) is 13.1 Å². The van der Waals surface area contributed by atoms with Crippen molar-refractivity contribution < 1.29 is 0 Å². The van der Waals surface area contributed by atoms with E-state index < -0.39 is 11.1 Å². The second-order valence-electron chi connectivity index (χ2n) is 5.37. The van der Waals surface area contributed by atoms with E-state index in [1.807, 2.05) is 35.2 Å². The van der Waals surface area contributed by atoms with Gasteiger partial charge in [0, 0.05) is 25.2 Å². The van der Waals surface area contributed by atoms with Gasteiger partial charge in [-0.2, -0.15) is 0 Å². The Kier molecular flexibility index (Phi) is 4.32. The zero-order chi connectivity index (χ0) is 16.4. The summed E-state index contributed by atoms with van der Waals surface area (Å²) in [5.74, 6) is 0. The normalized spacial score (nSPS) is 11.3. The predicted octanol–water partition coefficient (Wildman–Crippen LogP) is 2.66. The first-order valence-electron chi connectivity index (χ1n) is 7.07. The van der Waals surface area contributed by atoms with Crippen LogP contribution in [0, 0.1) is 7.05 Å². The molecular weight excluding hydrogens is 314 g/mol. The quantitative estimate of drug-likeness (QED) is 0.723. The fourth-order valence-electron chi connectivity index (χ4n) is 2.52. The molecule has 5 nitrogen and oxygen atoms in total. The van der Waals surface area contributed by atoms with Crippen molar-refractivity contribution in [3.8, 4) is 0 Å². The highest BCUT2D eigenvalue weighted by atomic mass is 35.5. The molecule has 2 aromatic carbocycles. The van der Waals surface area contributed by atoms with Crippen LogP contribution in [0.2, 0.25) is 5.02 Å². The summed E-state index contributed by atoms with van der Waals surface area (Å²) < 4.78 is 0. The van der Waals surface area contributed by atoms with Crippen molar-refractivity contribution in [1.29, 1.82) is 0 Å². The summed E-state index contributed by atoms with van der Waals surface area (Å²) in [6.07, 6.45) is 0. The average Bonchev–Trinajstić information content (AvgIpc) is 2.50. The van der Waals surface area contributed by atoms with Gasteiger partial charge in [-0.1, -0.05) is 41.9 Å². The molecule has 0 bridgehead atoms. The maximum Gasteiger partial charge on any atom is 0.314 e. The van der Waals surface area contributed by atoms with E-state index in [1.54, 1.807) is 12.1 Å². The second-order valence-corrected chi connectivity index (χ2v) is 5.80. The molecule has 0 saturated heterocycles. The zero-order valence-electron chi connectivity index (χ0n) is 12.3. The van der Waals surface area contributed by atoms with Crippen LogP contribution in [0.4, 0.5) is 0 Å². The minimum Gasteiger partial charge on any atom is -0.316 e. The Morgan fingerprint density at radius 3 is 2.43 bits per heavy atom. The predicted molar refractivity (Wildman–Crippen MR) is 91.2 cm³/mol. The third kappa shape index (κ3) is 3.52. The van der Waals surface area contributed by atoms with Crippen LogP contribution in [0.25, 0.3) is 11.0 Å². The van der Waals surface area contributed by atoms with Crippen molar-refractivity contribution in [2.75, 3.05) is 0 Å². The molecule has 1 radical (unpaired) electrons. The third-order valence-corrected chi connectivity index (χ3v) is 3.74. The number of benzene rings is 2. The molecule has 23 heavy (non-hydrogen) atoms. The molecule has 3 aromatic rings. The molecule has 0 fully saturated rings. The molecule has 0 aliphatic heterocycles. The number of halogens is 1. The molecule has 0 atom stereocenters. The van der Waals surface area contributed by atoms with Crippen LogP contribution in [0.15, 0.2) is 52.1 Å². The van der Waals surface area contributed by atoms with E-state index in [2.05, 4.69) is 17.0 Å². The highest BCUT2D eigenvalue weighted by Crippen LogP contribution is 2.21.